The zero-order valence-corrected chi connectivity index (χ0v) is 17.1. The van der Waals surface area contributed by atoms with E-state index in [1.54, 1.807) is 4.90 Å². The summed E-state index contributed by atoms with van der Waals surface area (Å²) in [5.41, 5.74) is 3.27. The van der Waals surface area contributed by atoms with Gasteiger partial charge in [0.05, 0.1) is 5.57 Å². The molecule has 1 saturated carbocycles. The second-order valence-corrected chi connectivity index (χ2v) is 8.28. The van der Waals surface area contributed by atoms with Crippen LogP contribution in [0.2, 0.25) is 0 Å². The third-order valence-corrected chi connectivity index (χ3v) is 6.51. The van der Waals surface area contributed by atoms with Crippen LogP contribution in [0, 0.1) is 6.92 Å². The number of rotatable bonds is 4. The van der Waals surface area contributed by atoms with E-state index in [-0.39, 0.29) is 17.9 Å². The molecule has 150 valence electrons. The van der Waals surface area contributed by atoms with Crippen LogP contribution in [0.3, 0.4) is 0 Å². The maximum absolute atomic E-state index is 13.5. The summed E-state index contributed by atoms with van der Waals surface area (Å²) in [4.78, 5) is 33.1. The third-order valence-electron chi connectivity index (χ3n) is 6.51. The van der Waals surface area contributed by atoms with Gasteiger partial charge in [-0.15, -0.1) is 0 Å². The number of amides is 2. The van der Waals surface area contributed by atoms with Gasteiger partial charge in [-0.05, 0) is 31.9 Å². The number of nitrogens with zero attached hydrogens (tertiary/aromatic N) is 3. The Bertz CT molecular complexity index is 770. The lowest BCUT2D eigenvalue weighted by Crippen LogP contribution is -2.48. The fraction of sp³-hybridized carbons (Fsp3) is 0.565. The van der Waals surface area contributed by atoms with Crippen molar-refractivity contribution >= 4 is 17.4 Å². The molecule has 0 bridgehead atoms. The Morgan fingerprint density at radius 2 is 1.54 bits per heavy atom. The lowest BCUT2D eigenvalue weighted by Gasteiger charge is -2.36. The molecular weight excluding hydrogens is 350 g/mol. The Morgan fingerprint density at radius 3 is 2.14 bits per heavy atom. The van der Waals surface area contributed by atoms with Gasteiger partial charge in [-0.25, -0.2) is 0 Å². The van der Waals surface area contributed by atoms with Crippen molar-refractivity contribution in [3.8, 4) is 0 Å². The van der Waals surface area contributed by atoms with Crippen molar-refractivity contribution in [1.82, 2.24) is 14.7 Å². The monoisotopic (exact) mass is 381 g/mol. The molecule has 1 aliphatic carbocycles. The van der Waals surface area contributed by atoms with Crippen molar-refractivity contribution < 1.29 is 9.59 Å². The summed E-state index contributed by atoms with van der Waals surface area (Å²) in [6.45, 7) is 8.71. The molecule has 0 unspecified atom stereocenters. The quantitative estimate of drug-likeness (QED) is 0.752. The molecule has 1 aromatic carbocycles. The van der Waals surface area contributed by atoms with Gasteiger partial charge in [0, 0.05) is 32.2 Å². The normalized spacial score (nSPS) is 22.5. The molecule has 5 heteroatoms. The molecule has 2 fully saturated rings. The minimum Gasteiger partial charge on any atom is -0.364 e. The minimum absolute atomic E-state index is 0.0589. The van der Waals surface area contributed by atoms with Crippen molar-refractivity contribution in [2.45, 2.75) is 52.0 Å². The number of aryl methyl sites for hydroxylation is 1. The summed E-state index contributed by atoms with van der Waals surface area (Å²) in [5.74, 6) is -0.161. The topological polar surface area (TPSA) is 43.9 Å². The average molecular weight is 382 g/mol. The highest BCUT2D eigenvalue weighted by molar-refractivity contribution is 6.35. The van der Waals surface area contributed by atoms with Gasteiger partial charge < -0.3 is 9.80 Å². The van der Waals surface area contributed by atoms with Gasteiger partial charge in [0.1, 0.15) is 5.70 Å². The fourth-order valence-corrected chi connectivity index (χ4v) is 4.77. The molecule has 28 heavy (non-hydrogen) atoms. The molecule has 0 spiro atoms. The molecule has 0 N–H and O–H groups in total. The van der Waals surface area contributed by atoms with Gasteiger partial charge in [0.2, 0.25) is 0 Å². The molecule has 2 amide bonds. The van der Waals surface area contributed by atoms with Gasteiger partial charge in [0.15, 0.2) is 0 Å². The Balaban J connectivity index is 1.70. The summed E-state index contributed by atoms with van der Waals surface area (Å²) in [5, 5.41) is 0. The Kier molecular flexibility index (Phi) is 5.54. The first-order valence-corrected chi connectivity index (χ1v) is 10.8. The molecule has 1 aromatic rings. The van der Waals surface area contributed by atoms with Crippen LogP contribution in [-0.2, 0) is 9.59 Å². The molecule has 2 heterocycles. The maximum Gasteiger partial charge on any atom is 0.278 e. The van der Waals surface area contributed by atoms with Crippen molar-refractivity contribution in [1.29, 1.82) is 0 Å². The number of carbonyl (C=O) groups is 2. The van der Waals surface area contributed by atoms with Crippen molar-refractivity contribution in [3.63, 3.8) is 0 Å². The maximum atomic E-state index is 13.5. The summed E-state index contributed by atoms with van der Waals surface area (Å²) in [6.07, 6.45) is 5.29. The van der Waals surface area contributed by atoms with Crippen molar-refractivity contribution in [2.24, 2.45) is 0 Å². The van der Waals surface area contributed by atoms with E-state index < -0.39 is 0 Å². The molecule has 2 aliphatic heterocycles. The van der Waals surface area contributed by atoms with Crippen LogP contribution in [0.5, 0.6) is 0 Å². The van der Waals surface area contributed by atoms with Crippen LogP contribution in [0.25, 0.3) is 5.57 Å². The number of hydrogen-bond donors (Lipinski definition) is 0. The molecule has 0 aromatic heterocycles. The highest BCUT2D eigenvalue weighted by atomic mass is 16.2. The molecule has 1 saturated heterocycles. The second-order valence-electron chi connectivity index (χ2n) is 8.28. The van der Waals surface area contributed by atoms with Crippen LogP contribution in [-0.4, -0.2) is 65.3 Å². The Labute approximate surface area is 168 Å². The summed E-state index contributed by atoms with van der Waals surface area (Å²) in [7, 11) is 0. The van der Waals surface area contributed by atoms with E-state index in [2.05, 4.69) is 16.7 Å². The van der Waals surface area contributed by atoms with Gasteiger partial charge >= 0.3 is 0 Å². The van der Waals surface area contributed by atoms with Crippen molar-refractivity contribution in [2.75, 3.05) is 32.7 Å². The van der Waals surface area contributed by atoms with Crippen molar-refractivity contribution in [3.05, 3.63) is 41.1 Å². The summed E-state index contributed by atoms with van der Waals surface area (Å²) < 4.78 is 0. The lowest BCUT2D eigenvalue weighted by atomic mass is 9.94. The Hall–Kier alpha value is -2.14. The van der Waals surface area contributed by atoms with E-state index in [0.29, 0.717) is 11.3 Å². The highest BCUT2D eigenvalue weighted by Crippen LogP contribution is 2.36. The van der Waals surface area contributed by atoms with E-state index in [0.717, 1.165) is 69.5 Å². The number of likely N-dealkylation sites (N-methyl/N-ethyl adjacent to an activating group) is 1. The smallest absolute Gasteiger partial charge is 0.278 e. The van der Waals surface area contributed by atoms with E-state index in [1.165, 1.54) is 6.42 Å². The number of carbonyl (C=O) groups excluding carboxylic acids is 2. The van der Waals surface area contributed by atoms with E-state index in [1.807, 2.05) is 31.2 Å². The van der Waals surface area contributed by atoms with Gasteiger partial charge in [0.25, 0.3) is 11.8 Å². The van der Waals surface area contributed by atoms with Crippen LogP contribution >= 0.6 is 0 Å². The predicted molar refractivity (Wildman–Crippen MR) is 111 cm³/mol. The SMILES string of the molecule is CCN1CCN(C2=C(c3ccc(C)cc3)C(=O)N(C3CCCCC3)C2=O)CC1. The van der Waals surface area contributed by atoms with Crippen LogP contribution in [0.4, 0.5) is 0 Å². The van der Waals surface area contributed by atoms with Gasteiger partial charge in [-0.2, -0.15) is 0 Å². The van der Waals surface area contributed by atoms with Crippen LogP contribution in [0.1, 0.15) is 50.2 Å². The number of piperazine rings is 1. The molecule has 3 aliphatic rings. The third kappa shape index (κ3) is 3.48. The number of hydrogen-bond acceptors (Lipinski definition) is 4. The zero-order valence-electron chi connectivity index (χ0n) is 17.1. The molecule has 0 atom stereocenters. The van der Waals surface area contributed by atoms with Crippen LogP contribution < -0.4 is 0 Å². The molecule has 0 radical (unpaired) electrons. The first-order chi connectivity index (χ1) is 13.6. The first kappa shape index (κ1) is 19.2. The summed E-state index contributed by atoms with van der Waals surface area (Å²) >= 11 is 0. The van der Waals surface area contributed by atoms with E-state index in [4.69, 9.17) is 0 Å². The number of imide groups is 1. The first-order valence-electron chi connectivity index (χ1n) is 10.8. The minimum atomic E-state index is -0.0892. The zero-order chi connectivity index (χ0) is 19.7. The Morgan fingerprint density at radius 1 is 0.893 bits per heavy atom. The fourth-order valence-electron chi connectivity index (χ4n) is 4.77. The van der Waals surface area contributed by atoms with E-state index >= 15 is 0 Å². The number of benzene rings is 1. The average Bonchev–Trinajstić information content (AvgIpc) is 2.99. The predicted octanol–water partition coefficient (Wildman–Crippen LogP) is 3.05. The van der Waals surface area contributed by atoms with E-state index in [9.17, 15) is 9.59 Å². The second kappa shape index (κ2) is 8.08. The summed E-state index contributed by atoms with van der Waals surface area (Å²) in [6, 6.07) is 8.08. The lowest BCUT2D eigenvalue weighted by molar-refractivity contribution is -0.141. The molecule has 4 rings (SSSR count). The van der Waals surface area contributed by atoms with Gasteiger partial charge in [-0.3, -0.25) is 14.5 Å². The van der Waals surface area contributed by atoms with Crippen LogP contribution in [0.15, 0.2) is 30.0 Å². The molecular formula is C23H31N3O2. The van der Waals surface area contributed by atoms with Gasteiger partial charge in [-0.1, -0.05) is 56.0 Å². The molecule has 5 nitrogen and oxygen atoms in total. The highest BCUT2D eigenvalue weighted by Gasteiger charge is 2.45. The standard InChI is InChI=1S/C23H31N3O2/c1-3-24-13-15-25(16-14-24)21-20(18-11-9-17(2)10-12-18)22(27)26(23(21)28)19-7-5-4-6-8-19/h9-12,19H,3-8,13-16H2,1-2H3. The largest absolute Gasteiger partial charge is 0.364 e.